The van der Waals surface area contributed by atoms with Crippen molar-refractivity contribution in [2.24, 2.45) is 11.8 Å². The molecular formula is C72H140O17P2. The Morgan fingerprint density at radius 3 is 0.835 bits per heavy atom. The van der Waals surface area contributed by atoms with Gasteiger partial charge in [-0.05, 0) is 37.5 Å². The van der Waals surface area contributed by atoms with Gasteiger partial charge in [0.05, 0.1) is 26.4 Å². The Morgan fingerprint density at radius 1 is 0.319 bits per heavy atom. The van der Waals surface area contributed by atoms with E-state index in [1.165, 1.54) is 173 Å². The van der Waals surface area contributed by atoms with Gasteiger partial charge in [0, 0.05) is 25.7 Å². The lowest BCUT2D eigenvalue weighted by Crippen LogP contribution is -2.30. The van der Waals surface area contributed by atoms with Crippen LogP contribution in [0, 0.1) is 11.8 Å². The summed E-state index contributed by atoms with van der Waals surface area (Å²) in [6, 6.07) is 0. The Labute approximate surface area is 556 Å². The van der Waals surface area contributed by atoms with Crippen LogP contribution in [0.5, 0.6) is 0 Å². The first-order valence-electron chi connectivity index (χ1n) is 37.5. The molecule has 91 heavy (non-hydrogen) atoms. The van der Waals surface area contributed by atoms with Gasteiger partial charge in [0.15, 0.2) is 12.2 Å². The van der Waals surface area contributed by atoms with Gasteiger partial charge >= 0.3 is 39.5 Å². The molecule has 0 heterocycles. The fraction of sp³-hybridized carbons (Fsp3) is 0.944. The summed E-state index contributed by atoms with van der Waals surface area (Å²) in [5.41, 5.74) is 0. The Balaban J connectivity index is 5.12. The molecule has 0 saturated carbocycles. The first kappa shape index (κ1) is 89.1. The lowest BCUT2D eigenvalue weighted by atomic mass is 10.00. The molecule has 0 aliphatic carbocycles. The molecule has 0 aliphatic heterocycles. The number of aliphatic hydroxyl groups excluding tert-OH is 1. The van der Waals surface area contributed by atoms with Crippen molar-refractivity contribution in [2.45, 2.75) is 387 Å². The summed E-state index contributed by atoms with van der Waals surface area (Å²) in [5, 5.41) is 10.6. The third-order valence-corrected chi connectivity index (χ3v) is 19.0. The highest BCUT2D eigenvalue weighted by atomic mass is 31.2. The third-order valence-electron chi connectivity index (χ3n) is 17.1. The SMILES string of the molecule is CCCCCCCCCCCCCCCCCCCCCCCCC(=O)O[C@H](COC(=O)CCCCCCCCCCCC(C)C)COP(=O)(O)OC[C@@H](O)COP(=O)(O)OC[C@@H](COC(=O)CCCCCCCCC)OC(=O)CCCCCCCCC(C)CC. The van der Waals surface area contributed by atoms with Crippen LogP contribution < -0.4 is 0 Å². The zero-order chi connectivity index (χ0) is 67.2. The Morgan fingerprint density at radius 2 is 0.560 bits per heavy atom. The van der Waals surface area contributed by atoms with Crippen LogP contribution in [0.3, 0.4) is 0 Å². The van der Waals surface area contributed by atoms with Crippen molar-refractivity contribution in [3.63, 3.8) is 0 Å². The first-order valence-corrected chi connectivity index (χ1v) is 40.5. The maximum absolute atomic E-state index is 13.0. The van der Waals surface area contributed by atoms with Gasteiger partial charge in [-0.25, -0.2) is 9.13 Å². The predicted molar refractivity (Wildman–Crippen MR) is 368 cm³/mol. The smallest absolute Gasteiger partial charge is 0.462 e. The third kappa shape index (κ3) is 65.1. The van der Waals surface area contributed by atoms with Crippen molar-refractivity contribution in [1.29, 1.82) is 0 Å². The lowest BCUT2D eigenvalue weighted by Gasteiger charge is -2.21. The second-order valence-corrected chi connectivity index (χ2v) is 29.6. The molecule has 19 heteroatoms. The van der Waals surface area contributed by atoms with Gasteiger partial charge in [-0.1, -0.05) is 318 Å². The van der Waals surface area contributed by atoms with Crippen LogP contribution >= 0.6 is 15.6 Å². The van der Waals surface area contributed by atoms with E-state index in [9.17, 15) is 43.2 Å². The zero-order valence-electron chi connectivity index (χ0n) is 59.1. The number of esters is 4. The molecule has 0 fully saturated rings. The van der Waals surface area contributed by atoms with Gasteiger partial charge in [-0.15, -0.1) is 0 Å². The van der Waals surface area contributed by atoms with Crippen molar-refractivity contribution in [3.8, 4) is 0 Å². The summed E-state index contributed by atoms with van der Waals surface area (Å²) in [4.78, 5) is 72.4. The molecule has 0 aromatic carbocycles. The number of ether oxygens (including phenoxy) is 4. The van der Waals surface area contributed by atoms with Gasteiger partial charge in [-0.3, -0.25) is 37.3 Å². The van der Waals surface area contributed by atoms with Crippen molar-refractivity contribution >= 4 is 39.5 Å². The van der Waals surface area contributed by atoms with E-state index >= 15 is 0 Å². The molecule has 0 rings (SSSR count). The number of rotatable bonds is 71. The average Bonchev–Trinajstić information content (AvgIpc) is 3.70. The lowest BCUT2D eigenvalue weighted by molar-refractivity contribution is -0.161. The van der Waals surface area contributed by atoms with Crippen LogP contribution in [0.25, 0.3) is 0 Å². The topological polar surface area (TPSA) is 237 Å². The Bertz CT molecular complexity index is 1770. The van der Waals surface area contributed by atoms with E-state index in [0.717, 1.165) is 115 Å². The largest absolute Gasteiger partial charge is 0.472 e. The van der Waals surface area contributed by atoms with E-state index in [4.69, 9.17) is 37.0 Å². The van der Waals surface area contributed by atoms with Crippen LogP contribution in [0.15, 0.2) is 0 Å². The molecule has 0 aliphatic rings. The summed E-state index contributed by atoms with van der Waals surface area (Å²) < 4.78 is 68.2. The molecule has 0 aromatic heterocycles. The number of phosphoric ester groups is 2. The minimum Gasteiger partial charge on any atom is -0.462 e. The molecule has 0 aromatic rings. The summed E-state index contributed by atoms with van der Waals surface area (Å²) in [6.45, 7) is 9.44. The van der Waals surface area contributed by atoms with Crippen molar-refractivity contribution in [3.05, 3.63) is 0 Å². The summed E-state index contributed by atoms with van der Waals surface area (Å²) in [5.74, 6) is -0.667. The first-order chi connectivity index (χ1) is 43.9. The Kier molecular flexibility index (Phi) is 62.7. The highest BCUT2D eigenvalue weighted by molar-refractivity contribution is 7.47. The van der Waals surface area contributed by atoms with Crippen LogP contribution in [0.2, 0.25) is 0 Å². The minimum absolute atomic E-state index is 0.103. The molecule has 0 radical (unpaired) electrons. The molecule has 0 saturated heterocycles. The maximum atomic E-state index is 13.0. The highest BCUT2D eigenvalue weighted by Crippen LogP contribution is 2.45. The normalized spacial score (nSPS) is 14.4. The van der Waals surface area contributed by atoms with Gasteiger partial charge in [0.2, 0.25) is 0 Å². The number of phosphoric acid groups is 2. The molecule has 3 N–H and O–H groups in total. The van der Waals surface area contributed by atoms with Crippen molar-refractivity contribution in [1.82, 2.24) is 0 Å². The van der Waals surface area contributed by atoms with E-state index in [-0.39, 0.29) is 25.7 Å². The average molecular weight is 1340 g/mol. The maximum Gasteiger partial charge on any atom is 0.472 e. The molecule has 6 atom stereocenters. The van der Waals surface area contributed by atoms with Crippen molar-refractivity contribution in [2.75, 3.05) is 39.6 Å². The second-order valence-electron chi connectivity index (χ2n) is 26.7. The van der Waals surface area contributed by atoms with E-state index in [0.29, 0.717) is 25.7 Å². The molecule has 0 amide bonds. The standard InChI is InChI=1S/C72H140O17P2/c1-7-10-12-14-16-17-18-19-20-21-22-23-24-25-26-27-28-29-32-37-44-50-56-71(76)88-67(61-83-70(75)55-49-43-36-33-30-31-35-40-46-52-64(4)5)62-86-90(78,79)84-58-66(73)59-85-91(80,81)87-63-68(60-82-69(74)54-48-42-34-15-13-11-8-2)89-72(77)57-51-45-39-38-41-47-53-65(6)9-3/h64-68,73H,7-63H2,1-6H3,(H,78,79)(H,80,81)/t65?,66-,67-,68-/m1/s1. The van der Waals surface area contributed by atoms with Gasteiger partial charge < -0.3 is 33.8 Å². The van der Waals surface area contributed by atoms with Crippen LogP contribution in [0.4, 0.5) is 0 Å². The summed E-state index contributed by atoms with van der Waals surface area (Å²) >= 11 is 0. The number of hydrogen-bond acceptors (Lipinski definition) is 15. The fourth-order valence-corrected chi connectivity index (χ4v) is 12.5. The van der Waals surface area contributed by atoms with Gasteiger partial charge in [0.1, 0.15) is 19.3 Å². The predicted octanol–water partition coefficient (Wildman–Crippen LogP) is 20.8. The molecule has 0 spiro atoms. The number of unbranched alkanes of at least 4 members (excludes halogenated alkanes) is 40. The highest BCUT2D eigenvalue weighted by Gasteiger charge is 2.30. The molecular weight excluding hydrogens is 1200 g/mol. The molecule has 17 nitrogen and oxygen atoms in total. The summed E-state index contributed by atoms with van der Waals surface area (Å²) in [6.07, 6.45) is 50.4. The van der Waals surface area contributed by atoms with Gasteiger partial charge in [-0.2, -0.15) is 0 Å². The quantitative estimate of drug-likeness (QED) is 0.0222. The number of hydrogen-bond donors (Lipinski definition) is 3. The van der Waals surface area contributed by atoms with Gasteiger partial charge in [0.25, 0.3) is 0 Å². The van der Waals surface area contributed by atoms with Crippen LogP contribution in [-0.4, -0.2) is 96.7 Å². The molecule has 0 bridgehead atoms. The zero-order valence-corrected chi connectivity index (χ0v) is 60.9. The minimum atomic E-state index is -4.95. The van der Waals surface area contributed by atoms with Crippen molar-refractivity contribution < 1.29 is 80.2 Å². The van der Waals surface area contributed by atoms with E-state index in [1.807, 2.05) is 0 Å². The summed E-state index contributed by atoms with van der Waals surface area (Å²) in [7, 11) is -9.90. The molecule has 540 valence electrons. The monoisotopic (exact) mass is 1340 g/mol. The number of carbonyl (C=O) groups excluding carboxylic acids is 4. The fourth-order valence-electron chi connectivity index (χ4n) is 10.9. The number of carbonyl (C=O) groups is 4. The van der Waals surface area contributed by atoms with E-state index < -0.39 is 97.5 Å². The Hall–Kier alpha value is -1.94. The second kappa shape index (κ2) is 64.1. The van der Waals surface area contributed by atoms with E-state index in [1.54, 1.807) is 0 Å². The number of aliphatic hydroxyl groups is 1. The van der Waals surface area contributed by atoms with Crippen LogP contribution in [-0.2, 0) is 65.4 Å². The van der Waals surface area contributed by atoms with Crippen LogP contribution in [0.1, 0.15) is 369 Å². The van der Waals surface area contributed by atoms with E-state index in [2.05, 4.69) is 41.5 Å². The molecule has 3 unspecified atom stereocenters.